The van der Waals surface area contributed by atoms with Gasteiger partial charge >= 0.3 is 5.97 Å². The average molecular weight is 402 g/mol. The zero-order valence-corrected chi connectivity index (χ0v) is 16.0. The summed E-state index contributed by atoms with van der Waals surface area (Å²) in [6, 6.07) is 3.76. The zero-order valence-electron chi connectivity index (χ0n) is 13.6. The quantitative estimate of drug-likeness (QED) is 0.684. The Labute approximate surface area is 148 Å². The van der Waals surface area contributed by atoms with Gasteiger partial charge in [0.15, 0.2) is 5.12 Å². The minimum atomic E-state index is -0.510. The van der Waals surface area contributed by atoms with Gasteiger partial charge in [0.1, 0.15) is 6.54 Å². The highest BCUT2D eigenvalue weighted by Gasteiger charge is 2.24. The van der Waals surface area contributed by atoms with E-state index in [0.717, 1.165) is 27.4 Å². The molecule has 0 N–H and O–H groups in total. The summed E-state index contributed by atoms with van der Waals surface area (Å²) >= 11 is 4.41. The van der Waals surface area contributed by atoms with Crippen molar-refractivity contribution in [1.29, 1.82) is 0 Å². The summed E-state index contributed by atoms with van der Waals surface area (Å²) in [7, 11) is 1.28. The summed E-state index contributed by atoms with van der Waals surface area (Å²) in [6.07, 6.45) is 0.365. The fourth-order valence-corrected chi connectivity index (χ4v) is 3.00. The molecular weight excluding hydrogens is 382 g/mol. The van der Waals surface area contributed by atoms with Gasteiger partial charge in [-0.05, 0) is 31.0 Å². The number of hydrogen-bond acceptors (Lipinski definition) is 5. The maximum absolute atomic E-state index is 12.6. The molecule has 0 atom stereocenters. The van der Waals surface area contributed by atoms with E-state index < -0.39 is 5.97 Å². The summed E-state index contributed by atoms with van der Waals surface area (Å²) in [5.74, 6) is -0.815. The molecule has 126 valence electrons. The van der Waals surface area contributed by atoms with E-state index in [1.54, 1.807) is 6.92 Å². The predicted molar refractivity (Wildman–Crippen MR) is 95.7 cm³/mol. The number of nitrogens with zero attached hydrogens (tertiary/aromatic N) is 1. The van der Waals surface area contributed by atoms with Gasteiger partial charge in [0.25, 0.3) is 0 Å². The van der Waals surface area contributed by atoms with Crippen molar-refractivity contribution >= 4 is 50.4 Å². The lowest BCUT2D eigenvalue weighted by Gasteiger charge is -2.25. The highest BCUT2D eigenvalue weighted by molar-refractivity contribution is 9.10. The maximum atomic E-state index is 12.6. The van der Waals surface area contributed by atoms with Crippen LogP contribution in [0.1, 0.15) is 24.5 Å². The van der Waals surface area contributed by atoms with Gasteiger partial charge in [-0.2, -0.15) is 0 Å². The van der Waals surface area contributed by atoms with Crippen LogP contribution in [-0.4, -0.2) is 36.4 Å². The molecule has 0 radical (unpaired) electrons. The fourth-order valence-electron chi connectivity index (χ4n) is 2.03. The molecule has 0 heterocycles. The highest BCUT2D eigenvalue weighted by atomic mass is 79.9. The molecule has 0 aliphatic carbocycles. The van der Waals surface area contributed by atoms with Crippen molar-refractivity contribution < 1.29 is 19.1 Å². The topological polar surface area (TPSA) is 63.7 Å². The number of amides is 1. The van der Waals surface area contributed by atoms with E-state index in [9.17, 15) is 14.4 Å². The largest absolute Gasteiger partial charge is 0.468 e. The lowest BCUT2D eigenvalue weighted by molar-refractivity contribution is -0.139. The number of ether oxygens (including phenoxy) is 1. The number of halogens is 1. The monoisotopic (exact) mass is 401 g/mol. The third kappa shape index (κ3) is 5.35. The second-order valence-corrected chi connectivity index (χ2v) is 6.80. The normalized spacial score (nSPS) is 10.3. The summed E-state index contributed by atoms with van der Waals surface area (Å²) in [5.41, 5.74) is 2.39. The highest BCUT2D eigenvalue weighted by Crippen LogP contribution is 2.31. The first kappa shape index (κ1) is 19.7. The molecule has 0 unspecified atom stereocenters. The number of benzene rings is 1. The van der Waals surface area contributed by atoms with E-state index in [4.69, 9.17) is 4.74 Å². The Bertz CT molecular complexity index is 618. The van der Waals surface area contributed by atoms with Crippen molar-refractivity contribution in [2.45, 2.75) is 27.2 Å². The molecule has 0 aromatic heterocycles. The number of rotatable bonds is 6. The number of carbonyl (C=O) groups is 3. The molecule has 5 nitrogen and oxygen atoms in total. The summed E-state index contributed by atoms with van der Waals surface area (Å²) in [4.78, 5) is 37.1. The molecule has 7 heteroatoms. The van der Waals surface area contributed by atoms with Gasteiger partial charge < -0.3 is 4.74 Å². The number of aryl methyl sites for hydroxylation is 1. The average Bonchev–Trinajstić information content (AvgIpc) is 2.54. The zero-order chi connectivity index (χ0) is 17.6. The molecule has 0 aliphatic rings. The molecule has 1 rings (SSSR count). The van der Waals surface area contributed by atoms with Crippen molar-refractivity contribution in [2.24, 2.45) is 0 Å². The third-order valence-corrected chi connectivity index (χ3v) is 5.16. The Morgan fingerprint density at radius 3 is 2.48 bits per heavy atom. The Balaban J connectivity index is 3.15. The smallest absolute Gasteiger partial charge is 0.325 e. The second-order valence-electron chi connectivity index (χ2n) is 4.91. The van der Waals surface area contributed by atoms with Crippen molar-refractivity contribution in [3.8, 4) is 0 Å². The number of carbonyl (C=O) groups excluding carboxylic acids is 3. The Hall–Kier alpha value is -1.34. The first-order valence-corrected chi connectivity index (χ1v) is 8.88. The van der Waals surface area contributed by atoms with Gasteiger partial charge in [0.2, 0.25) is 5.91 Å². The molecule has 1 amide bonds. The molecule has 0 saturated heterocycles. The third-order valence-electron chi connectivity index (χ3n) is 3.30. The van der Waals surface area contributed by atoms with Crippen LogP contribution in [0.4, 0.5) is 5.69 Å². The van der Waals surface area contributed by atoms with Crippen LogP contribution in [0.5, 0.6) is 0 Å². The van der Waals surface area contributed by atoms with Crippen LogP contribution in [0.15, 0.2) is 16.6 Å². The van der Waals surface area contributed by atoms with Crippen LogP contribution < -0.4 is 4.90 Å². The van der Waals surface area contributed by atoms with Gasteiger partial charge in [-0.25, -0.2) is 0 Å². The number of thioether (sulfide) groups is 1. The predicted octanol–water partition coefficient (Wildman–Crippen LogP) is 3.24. The van der Waals surface area contributed by atoms with Crippen LogP contribution in [0.3, 0.4) is 0 Å². The first-order valence-electron chi connectivity index (χ1n) is 7.10. The number of hydrogen-bond donors (Lipinski definition) is 0. The molecule has 0 saturated carbocycles. The fraction of sp³-hybridized carbons (Fsp3) is 0.438. The van der Waals surface area contributed by atoms with Crippen LogP contribution in [0.2, 0.25) is 0 Å². The molecule has 0 spiro atoms. The SMILES string of the molecule is CCC(=O)SCC(=O)N(CC(=O)OC)c1c(C)ccc(Br)c1C. The van der Waals surface area contributed by atoms with Crippen LogP contribution in [-0.2, 0) is 19.1 Å². The molecule has 23 heavy (non-hydrogen) atoms. The minimum Gasteiger partial charge on any atom is -0.468 e. The van der Waals surface area contributed by atoms with Gasteiger partial charge in [0.05, 0.1) is 18.6 Å². The van der Waals surface area contributed by atoms with Gasteiger partial charge in [0, 0.05) is 10.9 Å². The van der Waals surface area contributed by atoms with Crippen molar-refractivity contribution in [3.05, 3.63) is 27.7 Å². The number of anilines is 1. The van der Waals surface area contributed by atoms with E-state index in [-0.39, 0.29) is 23.3 Å². The van der Waals surface area contributed by atoms with Crippen molar-refractivity contribution in [3.63, 3.8) is 0 Å². The van der Waals surface area contributed by atoms with Crippen molar-refractivity contribution in [2.75, 3.05) is 24.3 Å². The standard InChI is InChI=1S/C16H20BrNO4S/c1-5-15(21)23-9-13(19)18(8-14(20)22-4)16-10(2)6-7-12(17)11(16)3/h6-7H,5,8-9H2,1-4H3. The number of methoxy groups -OCH3 is 1. The summed E-state index contributed by atoms with van der Waals surface area (Å²) in [5, 5.41) is -0.0564. The summed E-state index contributed by atoms with van der Waals surface area (Å²) < 4.78 is 5.54. The van der Waals surface area contributed by atoms with Crippen LogP contribution >= 0.6 is 27.7 Å². The van der Waals surface area contributed by atoms with E-state index >= 15 is 0 Å². The summed E-state index contributed by atoms with van der Waals surface area (Å²) in [6.45, 7) is 5.30. The van der Waals surface area contributed by atoms with Crippen LogP contribution in [0, 0.1) is 13.8 Å². The second kappa shape index (κ2) is 9.08. The van der Waals surface area contributed by atoms with E-state index in [0.29, 0.717) is 12.1 Å². The van der Waals surface area contributed by atoms with Gasteiger partial charge in [-0.1, -0.05) is 40.7 Å². The van der Waals surface area contributed by atoms with Crippen molar-refractivity contribution in [1.82, 2.24) is 0 Å². The molecule has 1 aromatic rings. The molecule has 1 aromatic carbocycles. The lowest BCUT2D eigenvalue weighted by atomic mass is 10.1. The van der Waals surface area contributed by atoms with Gasteiger partial charge in [-0.3, -0.25) is 19.3 Å². The number of esters is 1. The Morgan fingerprint density at radius 2 is 1.91 bits per heavy atom. The molecule has 0 bridgehead atoms. The van der Waals surface area contributed by atoms with E-state index in [1.807, 2.05) is 26.0 Å². The lowest BCUT2D eigenvalue weighted by Crippen LogP contribution is -2.38. The van der Waals surface area contributed by atoms with E-state index in [2.05, 4.69) is 15.9 Å². The van der Waals surface area contributed by atoms with E-state index in [1.165, 1.54) is 12.0 Å². The van der Waals surface area contributed by atoms with Gasteiger partial charge in [-0.15, -0.1) is 0 Å². The molecule has 0 fully saturated rings. The Kier molecular flexibility index (Phi) is 7.78. The first-order chi connectivity index (χ1) is 10.8. The minimum absolute atomic E-state index is 0.00490. The molecule has 0 aliphatic heterocycles. The Morgan fingerprint density at radius 1 is 1.26 bits per heavy atom. The molecular formula is C16H20BrNO4S. The maximum Gasteiger partial charge on any atom is 0.325 e. The van der Waals surface area contributed by atoms with Crippen LogP contribution in [0.25, 0.3) is 0 Å².